The first kappa shape index (κ1) is 12.6. The lowest BCUT2D eigenvalue weighted by Gasteiger charge is -2.06. The van der Waals surface area contributed by atoms with Gasteiger partial charge in [0.05, 0.1) is 10.6 Å². The second-order valence-corrected chi connectivity index (χ2v) is 6.03. The van der Waals surface area contributed by atoms with E-state index in [9.17, 15) is 8.42 Å². The van der Waals surface area contributed by atoms with Crippen LogP contribution in [0.25, 0.3) is 0 Å². The highest BCUT2D eigenvalue weighted by molar-refractivity contribution is 7.90. The van der Waals surface area contributed by atoms with Gasteiger partial charge in [-0.15, -0.1) is 0 Å². The molecule has 0 aliphatic heterocycles. The zero-order valence-electron chi connectivity index (χ0n) is 10.00. The van der Waals surface area contributed by atoms with Gasteiger partial charge < -0.3 is 5.32 Å². The van der Waals surface area contributed by atoms with E-state index in [0.717, 1.165) is 11.3 Å². The Morgan fingerprint density at radius 3 is 2.44 bits per heavy atom. The van der Waals surface area contributed by atoms with Crippen LogP contribution in [-0.4, -0.2) is 19.7 Å². The third-order valence-corrected chi connectivity index (χ3v) is 3.64. The van der Waals surface area contributed by atoms with E-state index in [1.54, 1.807) is 36.7 Å². The van der Waals surface area contributed by atoms with E-state index in [0.29, 0.717) is 11.4 Å². The van der Waals surface area contributed by atoms with Gasteiger partial charge in [0.25, 0.3) is 0 Å². The number of rotatable bonds is 4. The van der Waals surface area contributed by atoms with Crippen molar-refractivity contribution in [1.82, 2.24) is 4.98 Å². The summed E-state index contributed by atoms with van der Waals surface area (Å²) < 4.78 is 22.6. The molecule has 2 rings (SSSR count). The Kier molecular flexibility index (Phi) is 3.62. The van der Waals surface area contributed by atoms with Crippen LogP contribution in [0.1, 0.15) is 5.56 Å². The SMILES string of the molecule is CS(=O)(=O)c1ccc(CNc2cccnc2)cc1. The van der Waals surface area contributed by atoms with Crippen LogP contribution >= 0.6 is 0 Å². The summed E-state index contributed by atoms with van der Waals surface area (Å²) in [5, 5.41) is 3.21. The molecule has 1 aromatic carbocycles. The molecule has 0 amide bonds. The summed E-state index contributed by atoms with van der Waals surface area (Å²) >= 11 is 0. The van der Waals surface area contributed by atoms with Crippen molar-refractivity contribution >= 4 is 15.5 Å². The summed E-state index contributed by atoms with van der Waals surface area (Å²) in [5.74, 6) is 0. The molecule has 18 heavy (non-hydrogen) atoms. The van der Waals surface area contributed by atoms with E-state index >= 15 is 0 Å². The van der Waals surface area contributed by atoms with E-state index in [4.69, 9.17) is 0 Å². The molecular weight excluding hydrogens is 248 g/mol. The number of anilines is 1. The normalized spacial score (nSPS) is 11.2. The molecule has 5 heteroatoms. The minimum absolute atomic E-state index is 0.340. The van der Waals surface area contributed by atoms with Crippen molar-refractivity contribution in [3.8, 4) is 0 Å². The number of benzene rings is 1. The summed E-state index contributed by atoms with van der Waals surface area (Å²) in [6, 6.07) is 10.6. The number of pyridine rings is 1. The summed E-state index contributed by atoms with van der Waals surface area (Å²) in [4.78, 5) is 4.34. The third kappa shape index (κ3) is 3.30. The second-order valence-electron chi connectivity index (χ2n) is 4.01. The van der Waals surface area contributed by atoms with Crippen LogP contribution in [0.3, 0.4) is 0 Å². The Bertz CT molecular complexity index is 607. The smallest absolute Gasteiger partial charge is 0.175 e. The maximum Gasteiger partial charge on any atom is 0.175 e. The number of nitrogens with one attached hydrogen (secondary N) is 1. The molecule has 1 aromatic heterocycles. The van der Waals surface area contributed by atoms with Crippen LogP contribution in [0.4, 0.5) is 5.69 Å². The molecule has 0 spiro atoms. The largest absolute Gasteiger partial charge is 0.380 e. The van der Waals surface area contributed by atoms with Crippen LogP contribution in [0.2, 0.25) is 0 Å². The topological polar surface area (TPSA) is 59.1 Å². The molecule has 94 valence electrons. The molecule has 2 aromatic rings. The Labute approximate surface area is 107 Å². The van der Waals surface area contributed by atoms with Crippen molar-refractivity contribution in [3.63, 3.8) is 0 Å². The fourth-order valence-corrected chi connectivity index (χ4v) is 2.16. The standard InChI is InChI=1S/C13H14N2O2S/c1-18(16,17)13-6-4-11(5-7-13)9-15-12-3-2-8-14-10-12/h2-8,10,15H,9H2,1H3. The van der Waals surface area contributed by atoms with Crippen molar-refractivity contribution in [2.24, 2.45) is 0 Å². The van der Waals surface area contributed by atoms with Crippen molar-refractivity contribution in [1.29, 1.82) is 0 Å². The molecule has 1 N–H and O–H groups in total. The van der Waals surface area contributed by atoms with Gasteiger partial charge in [-0.3, -0.25) is 4.98 Å². The number of hydrogen-bond donors (Lipinski definition) is 1. The predicted octanol–water partition coefficient (Wildman–Crippen LogP) is 2.10. The zero-order chi connectivity index (χ0) is 13.0. The first-order chi connectivity index (χ1) is 8.55. The van der Waals surface area contributed by atoms with E-state index in [1.165, 1.54) is 6.26 Å². The van der Waals surface area contributed by atoms with Crippen molar-refractivity contribution in [2.75, 3.05) is 11.6 Å². The first-order valence-corrected chi connectivity index (χ1v) is 7.38. The molecule has 0 unspecified atom stereocenters. The second kappa shape index (κ2) is 5.18. The van der Waals surface area contributed by atoms with Gasteiger partial charge in [-0.05, 0) is 29.8 Å². The van der Waals surface area contributed by atoms with Crippen LogP contribution < -0.4 is 5.32 Å². The molecule has 0 saturated heterocycles. The number of aromatic nitrogens is 1. The molecule has 0 aliphatic carbocycles. The van der Waals surface area contributed by atoms with Gasteiger partial charge in [0.2, 0.25) is 0 Å². The average molecular weight is 262 g/mol. The molecule has 0 aliphatic rings. The van der Waals surface area contributed by atoms with Gasteiger partial charge >= 0.3 is 0 Å². The first-order valence-electron chi connectivity index (χ1n) is 5.48. The molecule has 4 nitrogen and oxygen atoms in total. The lowest BCUT2D eigenvalue weighted by atomic mass is 10.2. The monoisotopic (exact) mass is 262 g/mol. The highest BCUT2D eigenvalue weighted by Gasteiger charge is 2.05. The zero-order valence-corrected chi connectivity index (χ0v) is 10.8. The number of nitrogens with zero attached hydrogens (tertiary/aromatic N) is 1. The minimum atomic E-state index is -3.12. The average Bonchev–Trinajstić information content (AvgIpc) is 2.37. The number of sulfone groups is 1. The molecule has 0 bridgehead atoms. The Morgan fingerprint density at radius 2 is 1.89 bits per heavy atom. The van der Waals surface area contributed by atoms with Crippen molar-refractivity contribution < 1.29 is 8.42 Å². The molecular formula is C13H14N2O2S. The van der Waals surface area contributed by atoms with Crippen LogP contribution in [-0.2, 0) is 16.4 Å². The summed E-state index contributed by atoms with van der Waals surface area (Å²) in [7, 11) is -3.12. The summed E-state index contributed by atoms with van der Waals surface area (Å²) in [6.45, 7) is 0.635. The third-order valence-electron chi connectivity index (χ3n) is 2.51. The lowest BCUT2D eigenvalue weighted by Crippen LogP contribution is -2.01. The van der Waals surface area contributed by atoms with Gasteiger partial charge in [-0.1, -0.05) is 12.1 Å². The van der Waals surface area contributed by atoms with Crippen LogP contribution in [0.15, 0.2) is 53.7 Å². The highest BCUT2D eigenvalue weighted by atomic mass is 32.2. The molecule has 1 heterocycles. The van der Waals surface area contributed by atoms with E-state index in [2.05, 4.69) is 10.3 Å². The van der Waals surface area contributed by atoms with Gasteiger partial charge in [-0.25, -0.2) is 8.42 Å². The van der Waals surface area contributed by atoms with E-state index < -0.39 is 9.84 Å². The summed E-state index contributed by atoms with van der Waals surface area (Å²) in [5.41, 5.74) is 1.95. The quantitative estimate of drug-likeness (QED) is 0.916. The van der Waals surface area contributed by atoms with E-state index in [1.807, 2.05) is 12.1 Å². The van der Waals surface area contributed by atoms with Gasteiger partial charge in [0, 0.05) is 25.2 Å². The number of hydrogen-bond acceptors (Lipinski definition) is 4. The van der Waals surface area contributed by atoms with Crippen LogP contribution in [0.5, 0.6) is 0 Å². The fraction of sp³-hybridized carbons (Fsp3) is 0.154. The maximum absolute atomic E-state index is 11.3. The Balaban J connectivity index is 2.03. The molecule has 0 atom stereocenters. The van der Waals surface area contributed by atoms with Crippen molar-refractivity contribution in [3.05, 3.63) is 54.4 Å². The van der Waals surface area contributed by atoms with Gasteiger partial charge in [-0.2, -0.15) is 0 Å². The predicted molar refractivity (Wildman–Crippen MR) is 71.1 cm³/mol. The Morgan fingerprint density at radius 1 is 1.17 bits per heavy atom. The molecule has 0 fully saturated rings. The molecule has 0 saturated carbocycles. The van der Waals surface area contributed by atoms with Crippen molar-refractivity contribution in [2.45, 2.75) is 11.4 Å². The Hall–Kier alpha value is -1.88. The highest BCUT2D eigenvalue weighted by Crippen LogP contribution is 2.12. The van der Waals surface area contributed by atoms with E-state index in [-0.39, 0.29) is 0 Å². The minimum Gasteiger partial charge on any atom is -0.380 e. The fourth-order valence-electron chi connectivity index (χ4n) is 1.53. The maximum atomic E-state index is 11.3. The lowest BCUT2D eigenvalue weighted by molar-refractivity contribution is 0.602. The summed E-state index contributed by atoms with van der Waals surface area (Å²) in [6.07, 6.45) is 4.66. The molecule has 0 radical (unpaired) electrons. The van der Waals surface area contributed by atoms with Gasteiger partial charge in [0.15, 0.2) is 9.84 Å². The van der Waals surface area contributed by atoms with Gasteiger partial charge in [0.1, 0.15) is 0 Å². The van der Waals surface area contributed by atoms with Crippen LogP contribution in [0, 0.1) is 0 Å².